The van der Waals surface area contributed by atoms with Crippen molar-refractivity contribution in [3.05, 3.63) is 46.5 Å². The summed E-state index contributed by atoms with van der Waals surface area (Å²) < 4.78 is 12.9. The molecule has 0 bridgehead atoms. The second-order valence-electron chi connectivity index (χ2n) is 5.66. The molecular weight excluding hydrogens is 298 g/mol. The molecule has 4 rings (SSSR count). The smallest absolute Gasteiger partial charge is 0.339 e. The van der Waals surface area contributed by atoms with Gasteiger partial charge >= 0.3 is 5.97 Å². The van der Waals surface area contributed by atoms with Crippen molar-refractivity contribution in [1.29, 1.82) is 0 Å². The van der Waals surface area contributed by atoms with E-state index in [0.29, 0.717) is 5.76 Å². The summed E-state index contributed by atoms with van der Waals surface area (Å²) in [7, 11) is 1.63. The van der Waals surface area contributed by atoms with Crippen LogP contribution in [0.25, 0.3) is 5.76 Å². The topological polar surface area (TPSA) is 38.8 Å². The molecule has 5 heteroatoms. The number of cyclic esters (lactones) is 1. The first-order valence-electron chi connectivity index (χ1n) is 7.52. The molecule has 1 aromatic carbocycles. The van der Waals surface area contributed by atoms with Crippen LogP contribution in [0.5, 0.6) is 5.75 Å². The summed E-state index contributed by atoms with van der Waals surface area (Å²) in [6.07, 6.45) is 6.44. The van der Waals surface area contributed by atoms with Crippen LogP contribution in [0.3, 0.4) is 0 Å². The number of carbonyl (C=O) groups excluding carboxylic acids is 1. The van der Waals surface area contributed by atoms with E-state index >= 15 is 0 Å². The number of rotatable bonds is 2. The maximum Gasteiger partial charge on any atom is 0.339 e. The van der Waals surface area contributed by atoms with Crippen LogP contribution >= 0.6 is 11.9 Å². The van der Waals surface area contributed by atoms with Gasteiger partial charge in [0, 0.05) is 10.5 Å². The molecule has 1 aliphatic carbocycles. The molecule has 114 valence electrons. The van der Waals surface area contributed by atoms with Crippen molar-refractivity contribution in [3.8, 4) is 5.75 Å². The van der Waals surface area contributed by atoms with Gasteiger partial charge < -0.3 is 9.47 Å². The van der Waals surface area contributed by atoms with Crippen molar-refractivity contribution in [2.24, 2.45) is 0 Å². The molecule has 0 fully saturated rings. The van der Waals surface area contributed by atoms with Crippen LogP contribution in [0, 0.1) is 0 Å². The minimum Gasteiger partial charge on any atom is -0.497 e. The first-order chi connectivity index (χ1) is 10.8. The summed E-state index contributed by atoms with van der Waals surface area (Å²) in [6.45, 7) is 0. The van der Waals surface area contributed by atoms with E-state index in [-0.39, 0.29) is 12.0 Å². The first-order valence-corrected chi connectivity index (χ1v) is 8.30. The minimum absolute atomic E-state index is 0.167. The zero-order valence-corrected chi connectivity index (χ0v) is 13.2. The lowest BCUT2D eigenvalue weighted by atomic mass is 9.93. The Morgan fingerprint density at radius 1 is 1.32 bits per heavy atom. The lowest BCUT2D eigenvalue weighted by Gasteiger charge is -2.28. The number of methoxy groups -OCH3 is 1. The third-order valence-electron chi connectivity index (χ3n) is 4.29. The van der Waals surface area contributed by atoms with Crippen LogP contribution in [0.1, 0.15) is 31.2 Å². The van der Waals surface area contributed by atoms with Crippen molar-refractivity contribution in [2.45, 2.75) is 31.7 Å². The fraction of sp³-hybridized carbons (Fsp3) is 0.353. The number of esters is 1. The number of hydrogen-bond acceptors (Lipinski definition) is 5. The predicted molar refractivity (Wildman–Crippen MR) is 85.8 cm³/mol. The van der Waals surface area contributed by atoms with Crippen LogP contribution < -0.4 is 4.74 Å². The summed E-state index contributed by atoms with van der Waals surface area (Å²) in [5, 5.41) is 0. The van der Waals surface area contributed by atoms with Gasteiger partial charge in [-0.1, -0.05) is 12.1 Å². The number of hydrogen-bond donors (Lipinski definition) is 0. The third-order valence-corrected chi connectivity index (χ3v) is 5.50. The van der Waals surface area contributed by atoms with Crippen molar-refractivity contribution >= 4 is 23.7 Å². The average molecular weight is 315 g/mol. The summed E-state index contributed by atoms with van der Waals surface area (Å²) >= 11 is 1.70. The largest absolute Gasteiger partial charge is 0.497 e. The summed E-state index contributed by atoms with van der Waals surface area (Å²) in [5.74, 6) is 1.18. The number of fused-ring (bicyclic) bond motifs is 2. The van der Waals surface area contributed by atoms with Gasteiger partial charge in [0.1, 0.15) is 5.75 Å². The summed E-state index contributed by atoms with van der Waals surface area (Å²) in [5.41, 5.74) is 2.12. The van der Waals surface area contributed by atoms with Gasteiger partial charge in [0.05, 0.1) is 13.3 Å². The Hall–Kier alpha value is -1.88. The molecule has 2 aliphatic heterocycles. The molecule has 22 heavy (non-hydrogen) atoms. The second-order valence-corrected chi connectivity index (χ2v) is 6.75. The molecule has 1 atom stereocenters. The van der Waals surface area contributed by atoms with E-state index in [1.807, 2.05) is 30.5 Å². The van der Waals surface area contributed by atoms with Crippen molar-refractivity contribution in [3.63, 3.8) is 0 Å². The van der Waals surface area contributed by atoms with Crippen LogP contribution in [0.4, 0.5) is 0 Å². The molecule has 0 N–H and O–H groups in total. The number of allylic oxidation sites excluding steroid dienone is 1. The number of ether oxygens (including phenoxy) is 2. The fourth-order valence-corrected chi connectivity index (χ4v) is 4.48. The van der Waals surface area contributed by atoms with Gasteiger partial charge in [0.25, 0.3) is 0 Å². The second kappa shape index (κ2) is 5.39. The van der Waals surface area contributed by atoms with E-state index < -0.39 is 0 Å². The zero-order valence-electron chi connectivity index (χ0n) is 12.4. The molecule has 2 heterocycles. The predicted octanol–water partition coefficient (Wildman–Crippen LogP) is 3.71. The van der Waals surface area contributed by atoms with Gasteiger partial charge in [0.2, 0.25) is 0 Å². The van der Waals surface area contributed by atoms with Crippen molar-refractivity contribution < 1.29 is 14.3 Å². The van der Waals surface area contributed by atoms with Crippen LogP contribution in [-0.4, -0.2) is 23.4 Å². The van der Waals surface area contributed by atoms with E-state index in [2.05, 4.69) is 4.31 Å². The van der Waals surface area contributed by atoms with Crippen molar-refractivity contribution in [2.75, 3.05) is 7.11 Å². The van der Waals surface area contributed by atoms with Crippen LogP contribution in [-0.2, 0) is 9.53 Å². The average Bonchev–Trinajstić information content (AvgIpc) is 2.93. The van der Waals surface area contributed by atoms with Gasteiger partial charge in [-0.3, -0.25) is 4.31 Å². The van der Waals surface area contributed by atoms with Gasteiger partial charge in [-0.2, -0.15) is 0 Å². The van der Waals surface area contributed by atoms with Gasteiger partial charge in [-0.05, 0) is 55.3 Å². The zero-order chi connectivity index (χ0) is 15.1. The number of carbonyl (C=O) groups is 1. The molecule has 1 unspecified atom stereocenters. The Balaban J connectivity index is 1.67. The van der Waals surface area contributed by atoms with Gasteiger partial charge in [-0.25, -0.2) is 4.79 Å². The highest BCUT2D eigenvalue weighted by Gasteiger charge is 2.42. The highest BCUT2D eigenvalue weighted by Crippen LogP contribution is 2.48. The maximum absolute atomic E-state index is 12.5. The summed E-state index contributed by atoms with van der Waals surface area (Å²) in [4.78, 5) is 13.8. The number of benzene rings is 1. The summed E-state index contributed by atoms with van der Waals surface area (Å²) in [6, 6.07) is 7.36. The Morgan fingerprint density at radius 2 is 2.18 bits per heavy atom. The van der Waals surface area contributed by atoms with Crippen LogP contribution in [0.2, 0.25) is 0 Å². The van der Waals surface area contributed by atoms with Crippen LogP contribution in [0.15, 0.2) is 40.9 Å². The molecule has 0 radical (unpaired) electrons. The third kappa shape index (κ3) is 2.20. The Bertz CT molecular complexity index is 695. The molecule has 0 amide bonds. The van der Waals surface area contributed by atoms with Crippen molar-refractivity contribution in [1.82, 2.24) is 4.31 Å². The Morgan fingerprint density at radius 3 is 3.05 bits per heavy atom. The molecule has 4 nitrogen and oxygen atoms in total. The highest BCUT2D eigenvalue weighted by molar-refractivity contribution is 8.01. The quantitative estimate of drug-likeness (QED) is 0.614. The molecule has 1 aromatic rings. The van der Waals surface area contributed by atoms with E-state index in [1.54, 1.807) is 19.1 Å². The van der Waals surface area contributed by atoms with E-state index in [1.165, 1.54) is 23.3 Å². The lowest BCUT2D eigenvalue weighted by molar-refractivity contribution is -0.140. The SMILES string of the molecule is COc1cccc(C2=CN3SC4=C(CCCC4)C3C(=O)O2)c1. The monoisotopic (exact) mass is 315 g/mol. The van der Waals surface area contributed by atoms with Gasteiger partial charge in [-0.15, -0.1) is 0 Å². The molecular formula is C17H17NO3S. The standard InChI is InChI=1S/C17H17NO3S/c1-20-12-6-4-5-11(9-12)14-10-18-16(17(19)21-14)13-7-2-3-8-15(13)22-18/h4-6,9-10,16H,2-3,7-8H2,1H3. The van der Waals surface area contributed by atoms with E-state index in [0.717, 1.165) is 24.2 Å². The Labute approximate surface area is 133 Å². The molecule has 0 saturated heterocycles. The molecule has 0 aromatic heterocycles. The molecule has 0 saturated carbocycles. The number of nitrogens with zero attached hydrogens (tertiary/aromatic N) is 1. The first kappa shape index (κ1) is 13.8. The van der Waals surface area contributed by atoms with E-state index in [4.69, 9.17) is 9.47 Å². The van der Waals surface area contributed by atoms with Gasteiger partial charge in [0.15, 0.2) is 11.8 Å². The van der Waals surface area contributed by atoms with E-state index in [9.17, 15) is 4.79 Å². The minimum atomic E-state index is -0.227. The highest BCUT2D eigenvalue weighted by atomic mass is 32.2. The molecule has 0 spiro atoms. The molecule has 3 aliphatic rings. The Kier molecular flexibility index (Phi) is 3.37. The maximum atomic E-state index is 12.5. The normalized spacial score (nSPS) is 23.7. The fourth-order valence-electron chi connectivity index (χ4n) is 3.19. The lowest BCUT2D eigenvalue weighted by Crippen LogP contribution is -2.37.